The molecule has 0 saturated carbocycles. The Morgan fingerprint density at radius 2 is 2.18 bits per heavy atom. The van der Waals surface area contributed by atoms with E-state index in [-0.39, 0.29) is 5.91 Å². The van der Waals surface area contributed by atoms with Crippen molar-refractivity contribution in [1.82, 2.24) is 29.4 Å². The molecule has 0 atom stereocenters. The van der Waals surface area contributed by atoms with Crippen molar-refractivity contribution in [3.8, 4) is 11.1 Å². The molecule has 1 aromatic carbocycles. The van der Waals surface area contributed by atoms with Crippen molar-refractivity contribution in [2.75, 3.05) is 5.32 Å². The van der Waals surface area contributed by atoms with E-state index in [9.17, 15) is 4.79 Å². The molecule has 28 heavy (non-hydrogen) atoms. The van der Waals surface area contributed by atoms with Gasteiger partial charge in [-0.2, -0.15) is 5.10 Å². The number of amides is 1. The molecule has 4 aromatic heterocycles. The van der Waals surface area contributed by atoms with Crippen molar-refractivity contribution in [2.45, 2.75) is 6.92 Å². The molecule has 0 spiro atoms. The molecular weight excluding hydrogens is 374 g/mol. The van der Waals surface area contributed by atoms with Gasteiger partial charge in [-0.05, 0) is 24.6 Å². The Labute approximate surface area is 163 Å². The molecule has 0 aliphatic heterocycles. The quantitative estimate of drug-likeness (QED) is 0.511. The molecule has 0 aliphatic carbocycles. The van der Waals surface area contributed by atoms with Crippen LogP contribution in [0.5, 0.6) is 0 Å². The maximum absolute atomic E-state index is 12.9. The van der Waals surface area contributed by atoms with E-state index in [0.29, 0.717) is 16.3 Å². The summed E-state index contributed by atoms with van der Waals surface area (Å²) >= 11 is 1.39. The van der Waals surface area contributed by atoms with Crippen LogP contribution in [0.1, 0.15) is 16.1 Å². The largest absolute Gasteiger partial charge is 0.298 e. The molecule has 0 aliphatic rings. The molecule has 1 N–H and O–H groups in total. The average Bonchev–Trinajstić information content (AvgIpc) is 3.41. The van der Waals surface area contributed by atoms with Gasteiger partial charge in [0.1, 0.15) is 6.33 Å². The lowest BCUT2D eigenvalue weighted by atomic mass is 10.0. The number of pyridine rings is 1. The minimum absolute atomic E-state index is 0.271. The highest BCUT2D eigenvalue weighted by Gasteiger charge is 2.17. The second-order valence-electron chi connectivity index (χ2n) is 6.46. The van der Waals surface area contributed by atoms with Crippen molar-refractivity contribution >= 4 is 38.9 Å². The zero-order valence-electron chi connectivity index (χ0n) is 15.1. The lowest BCUT2D eigenvalue weighted by molar-refractivity contribution is 0.102. The fourth-order valence-electron chi connectivity index (χ4n) is 3.26. The number of carbonyl (C=O) groups excluding carboxylic acids is 1. The summed E-state index contributed by atoms with van der Waals surface area (Å²) in [6.07, 6.45) is 5.34. The molecule has 138 valence electrons. The van der Waals surface area contributed by atoms with Crippen LogP contribution in [0.25, 0.3) is 27.7 Å². The van der Waals surface area contributed by atoms with Gasteiger partial charge < -0.3 is 0 Å². The number of hydrogen-bond donors (Lipinski definition) is 1. The van der Waals surface area contributed by atoms with E-state index in [2.05, 4.69) is 25.6 Å². The lowest BCUT2D eigenvalue weighted by Crippen LogP contribution is -2.13. The van der Waals surface area contributed by atoms with Crippen LogP contribution >= 0.6 is 11.3 Å². The van der Waals surface area contributed by atoms with Crippen LogP contribution in [0.15, 0.2) is 48.4 Å². The van der Waals surface area contributed by atoms with E-state index in [1.54, 1.807) is 10.7 Å². The van der Waals surface area contributed by atoms with Gasteiger partial charge >= 0.3 is 0 Å². The standard InChI is InChI=1S/C19H15N7OS/c1-11-9-28-19(22-11)23-18(27)14-6-12(8-26-10-20-24-17(14)26)13-4-3-5-16-15(13)7-21-25(16)2/h3-10H,1-2H3,(H,22,23,27). The predicted octanol–water partition coefficient (Wildman–Crippen LogP) is 3.30. The highest BCUT2D eigenvalue weighted by molar-refractivity contribution is 7.13. The number of rotatable bonds is 3. The molecule has 9 heteroatoms. The summed E-state index contributed by atoms with van der Waals surface area (Å²) in [6.45, 7) is 1.89. The SMILES string of the molecule is Cc1csc(NC(=O)c2cc(-c3cccc4c3cnn4C)cn3cnnc23)n1. The summed E-state index contributed by atoms with van der Waals surface area (Å²) < 4.78 is 3.58. The third-order valence-electron chi connectivity index (χ3n) is 4.58. The second-order valence-corrected chi connectivity index (χ2v) is 7.32. The Kier molecular flexibility index (Phi) is 3.69. The van der Waals surface area contributed by atoms with Crippen molar-refractivity contribution in [2.24, 2.45) is 7.05 Å². The summed E-state index contributed by atoms with van der Waals surface area (Å²) in [5.74, 6) is -0.271. The topological polar surface area (TPSA) is 90.0 Å². The van der Waals surface area contributed by atoms with Crippen LogP contribution < -0.4 is 5.32 Å². The third-order valence-corrected chi connectivity index (χ3v) is 5.45. The highest BCUT2D eigenvalue weighted by atomic mass is 32.1. The molecule has 0 bridgehead atoms. The van der Waals surface area contributed by atoms with Gasteiger partial charge in [0.15, 0.2) is 10.8 Å². The van der Waals surface area contributed by atoms with Crippen molar-refractivity contribution in [3.63, 3.8) is 0 Å². The number of thiazole rings is 1. The van der Waals surface area contributed by atoms with Gasteiger partial charge in [0.25, 0.3) is 5.91 Å². The molecular formula is C19H15N7OS. The van der Waals surface area contributed by atoms with E-state index >= 15 is 0 Å². The van der Waals surface area contributed by atoms with E-state index in [1.807, 2.05) is 60.7 Å². The smallest absolute Gasteiger partial charge is 0.261 e. The molecule has 0 radical (unpaired) electrons. The first kappa shape index (κ1) is 16.6. The third kappa shape index (κ3) is 2.64. The van der Waals surface area contributed by atoms with Gasteiger partial charge in [0.2, 0.25) is 0 Å². The van der Waals surface area contributed by atoms with Crippen LogP contribution in [0.2, 0.25) is 0 Å². The van der Waals surface area contributed by atoms with Crippen LogP contribution in [-0.4, -0.2) is 35.3 Å². The minimum atomic E-state index is -0.271. The van der Waals surface area contributed by atoms with Crippen molar-refractivity contribution in [3.05, 3.63) is 59.6 Å². The maximum atomic E-state index is 12.9. The van der Waals surface area contributed by atoms with Crippen molar-refractivity contribution < 1.29 is 4.79 Å². The first-order valence-corrected chi connectivity index (χ1v) is 9.46. The second kappa shape index (κ2) is 6.24. The van der Waals surface area contributed by atoms with Crippen LogP contribution in [0, 0.1) is 6.92 Å². The fraction of sp³-hybridized carbons (Fsp3) is 0.105. The molecule has 0 saturated heterocycles. The normalized spacial score (nSPS) is 11.4. The van der Waals surface area contributed by atoms with Gasteiger partial charge in [-0.1, -0.05) is 12.1 Å². The maximum Gasteiger partial charge on any atom is 0.261 e. The number of hydrogen-bond acceptors (Lipinski definition) is 6. The van der Waals surface area contributed by atoms with Gasteiger partial charge in [-0.15, -0.1) is 21.5 Å². The van der Waals surface area contributed by atoms with E-state index in [1.165, 1.54) is 11.3 Å². The monoisotopic (exact) mass is 389 g/mol. The number of nitrogens with zero attached hydrogens (tertiary/aromatic N) is 6. The molecule has 0 fully saturated rings. The van der Waals surface area contributed by atoms with Crippen LogP contribution in [-0.2, 0) is 7.05 Å². The first-order chi connectivity index (χ1) is 13.6. The van der Waals surface area contributed by atoms with Crippen molar-refractivity contribution in [1.29, 1.82) is 0 Å². The lowest BCUT2D eigenvalue weighted by Gasteiger charge is -2.09. The Hall–Kier alpha value is -3.59. The molecule has 1 amide bonds. The number of fused-ring (bicyclic) bond motifs is 2. The number of benzene rings is 1. The fourth-order valence-corrected chi connectivity index (χ4v) is 3.94. The Morgan fingerprint density at radius 3 is 3.00 bits per heavy atom. The van der Waals surface area contributed by atoms with Gasteiger partial charge in [0, 0.05) is 29.6 Å². The van der Waals surface area contributed by atoms with Gasteiger partial charge in [0.05, 0.1) is 23.0 Å². The van der Waals surface area contributed by atoms with Gasteiger partial charge in [-0.25, -0.2) is 4.98 Å². The molecule has 5 aromatic rings. The summed E-state index contributed by atoms with van der Waals surface area (Å²) in [4.78, 5) is 17.2. The van der Waals surface area contributed by atoms with Crippen LogP contribution in [0.3, 0.4) is 0 Å². The summed E-state index contributed by atoms with van der Waals surface area (Å²) in [7, 11) is 1.91. The number of anilines is 1. The average molecular weight is 389 g/mol. The zero-order chi connectivity index (χ0) is 19.3. The number of carbonyl (C=O) groups is 1. The van der Waals surface area contributed by atoms with E-state index in [0.717, 1.165) is 27.7 Å². The van der Waals surface area contributed by atoms with E-state index < -0.39 is 0 Å². The highest BCUT2D eigenvalue weighted by Crippen LogP contribution is 2.30. The number of aryl methyl sites for hydroxylation is 2. The Bertz CT molecular complexity index is 1350. The molecule has 4 heterocycles. The number of aromatic nitrogens is 6. The van der Waals surface area contributed by atoms with Gasteiger partial charge in [-0.3, -0.25) is 19.2 Å². The summed E-state index contributed by atoms with van der Waals surface area (Å²) in [6, 6.07) is 7.85. The Balaban J connectivity index is 1.66. The molecule has 8 nitrogen and oxygen atoms in total. The minimum Gasteiger partial charge on any atom is -0.298 e. The molecule has 5 rings (SSSR count). The predicted molar refractivity (Wildman–Crippen MR) is 107 cm³/mol. The number of nitrogens with one attached hydrogen (secondary N) is 1. The molecule has 0 unspecified atom stereocenters. The zero-order valence-corrected chi connectivity index (χ0v) is 15.9. The summed E-state index contributed by atoms with van der Waals surface area (Å²) in [5.41, 5.74) is 4.68. The Morgan fingerprint density at radius 1 is 1.29 bits per heavy atom. The summed E-state index contributed by atoms with van der Waals surface area (Å²) in [5, 5.41) is 18.7. The van der Waals surface area contributed by atoms with E-state index in [4.69, 9.17) is 0 Å². The first-order valence-electron chi connectivity index (χ1n) is 8.58. The van der Waals surface area contributed by atoms with Crippen LogP contribution in [0.4, 0.5) is 5.13 Å².